The molecule has 14 heavy (non-hydrogen) atoms. The fourth-order valence-corrected chi connectivity index (χ4v) is 2.83. The second-order valence-electron chi connectivity index (χ2n) is 5.28. The van der Waals surface area contributed by atoms with Crippen LogP contribution in [0.5, 0.6) is 0 Å². The van der Waals surface area contributed by atoms with Gasteiger partial charge in [-0.3, -0.25) is 0 Å². The fraction of sp³-hybridized carbons (Fsp3) is 1.00. The summed E-state index contributed by atoms with van der Waals surface area (Å²) in [5.74, 6) is 0. The minimum atomic E-state index is 0.269. The van der Waals surface area contributed by atoms with Crippen molar-refractivity contribution >= 4 is 0 Å². The molecule has 0 aliphatic carbocycles. The molecule has 1 spiro atoms. The summed E-state index contributed by atoms with van der Waals surface area (Å²) in [4.78, 5) is 2.57. The minimum Gasteiger partial charge on any atom is -0.372 e. The SMILES string of the molecule is CC1CCC2(CCN(C(C)C)CC2)O1. The van der Waals surface area contributed by atoms with E-state index in [2.05, 4.69) is 25.7 Å². The van der Waals surface area contributed by atoms with Crippen LogP contribution < -0.4 is 0 Å². The summed E-state index contributed by atoms with van der Waals surface area (Å²) in [5.41, 5.74) is 0.269. The average molecular weight is 197 g/mol. The maximum atomic E-state index is 6.09. The third kappa shape index (κ3) is 1.96. The van der Waals surface area contributed by atoms with Crippen LogP contribution in [-0.4, -0.2) is 35.7 Å². The molecule has 2 fully saturated rings. The molecule has 2 heterocycles. The Morgan fingerprint density at radius 1 is 1.21 bits per heavy atom. The largest absolute Gasteiger partial charge is 0.372 e. The predicted octanol–water partition coefficient (Wildman–Crippen LogP) is 2.43. The third-order valence-corrected chi connectivity index (χ3v) is 3.90. The number of hydrogen-bond acceptors (Lipinski definition) is 2. The molecular formula is C12H23NO. The van der Waals surface area contributed by atoms with Gasteiger partial charge in [0.25, 0.3) is 0 Å². The molecule has 0 N–H and O–H groups in total. The zero-order chi connectivity index (χ0) is 10.2. The smallest absolute Gasteiger partial charge is 0.0711 e. The van der Waals surface area contributed by atoms with E-state index in [4.69, 9.17) is 4.74 Å². The standard InChI is InChI=1S/C12H23NO/c1-10(2)13-8-6-12(7-9-13)5-4-11(3)14-12/h10-11H,4-9H2,1-3H3. The zero-order valence-electron chi connectivity index (χ0n) is 9.75. The van der Waals surface area contributed by atoms with Crippen LogP contribution in [0.2, 0.25) is 0 Å². The van der Waals surface area contributed by atoms with Crippen LogP contribution in [0.3, 0.4) is 0 Å². The summed E-state index contributed by atoms with van der Waals surface area (Å²) in [6.07, 6.45) is 5.55. The van der Waals surface area contributed by atoms with Gasteiger partial charge >= 0.3 is 0 Å². The first-order valence-corrected chi connectivity index (χ1v) is 6.03. The van der Waals surface area contributed by atoms with Crippen LogP contribution in [0, 0.1) is 0 Å². The summed E-state index contributed by atoms with van der Waals surface area (Å²) in [6, 6.07) is 0.700. The number of hydrogen-bond donors (Lipinski definition) is 0. The van der Waals surface area contributed by atoms with E-state index in [-0.39, 0.29) is 5.60 Å². The Kier molecular flexibility index (Phi) is 2.85. The minimum absolute atomic E-state index is 0.269. The Labute approximate surface area is 87.6 Å². The Morgan fingerprint density at radius 3 is 2.29 bits per heavy atom. The maximum Gasteiger partial charge on any atom is 0.0711 e. The van der Waals surface area contributed by atoms with Crippen molar-refractivity contribution in [3.8, 4) is 0 Å². The van der Waals surface area contributed by atoms with Gasteiger partial charge in [-0.2, -0.15) is 0 Å². The number of likely N-dealkylation sites (tertiary alicyclic amines) is 1. The van der Waals surface area contributed by atoms with E-state index < -0.39 is 0 Å². The van der Waals surface area contributed by atoms with Crippen LogP contribution in [-0.2, 0) is 4.74 Å². The molecule has 2 aliphatic rings. The van der Waals surface area contributed by atoms with Crippen molar-refractivity contribution in [2.24, 2.45) is 0 Å². The van der Waals surface area contributed by atoms with Gasteiger partial charge in [-0.15, -0.1) is 0 Å². The Hall–Kier alpha value is -0.0800. The van der Waals surface area contributed by atoms with Crippen molar-refractivity contribution in [3.63, 3.8) is 0 Å². The lowest BCUT2D eigenvalue weighted by Crippen LogP contribution is -2.46. The van der Waals surface area contributed by atoms with Crippen molar-refractivity contribution in [3.05, 3.63) is 0 Å². The van der Waals surface area contributed by atoms with E-state index >= 15 is 0 Å². The Balaban J connectivity index is 1.89. The average Bonchev–Trinajstić information content (AvgIpc) is 2.48. The van der Waals surface area contributed by atoms with Crippen LogP contribution in [0.4, 0.5) is 0 Å². The molecule has 2 saturated heterocycles. The van der Waals surface area contributed by atoms with Crippen molar-refractivity contribution < 1.29 is 4.74 Å². The van der Waals surface area contributed by atoms with Crippen LogP contribution in [0.1, 0.15) is 46.5 Å². The van der Waals surface area contributed by atoms with Crippen molar-refractivity contribution in [1.82, 2.24) is 4.90 Å². The molecule has 2 aliphatic heterocycles. The first kappa shape index (κ1) is 10.4. The highest BCUT2D eigenvalue weighted by atomic mass is 16.5. The van der Waals surface area contributed by atoms with E-state index in [1.165, 1.54) is 38.8 Å². The molecule has 0 aromatic rings. The van der Waals surface area contributed by atoms with Crippen LogP contribution in [0.25, 0.3) is 0 Å². The quantitative estimate of drug-likeness (QED) is 0.640. The molecule has 0 bridgehead atoms. The molecule has 2 heteroatoms. The molecule has 2 rings (SSSR count). The summed E-state index contributed by atoms with van der Waals surface area (Å²) >= 11 is 0. The van der Waals surface area contributed by atoms with Crippen LogP contribution >= 0.6 is 0 Å². The second-order valence-corrected chi connectivity index (χ2v) is 5.28. The summed E-state index contributed by atoms with van der Waals surface area (Å²) < 4.78 is 6.09. The highest BCUT2D eigenvalue weighted by Gasteiger charge is 2.41. The number of piperidine rings is 1. The van der Waals surface area contributed by atoms with Gasteiger partial charge in [-0.1, -0.05) is 0 Å². The molecule has 2 nitrogen and oxygen atoms in total. The maximum absolute atomic E-state index is 6.09. The lowest BCUT2D eigenvalue weighted by molar-refractivity contribution is -0.0750. The van der Waals surface area contributed by atoms with E-state index in [0.717, 1.165) is 0 Å². The normalized spacial score (nSPS) is 33.0. The third-order valence-electron chi connectivity index (χ3n) is 3.90. The molecule has 1 unspecified atom stereocenters. The molecule has 0 aromatic carbocycles. The van der Waals surface area contributed by atoms with Gasteiger partial charge in [0.2, 0.25) is 0 Å². The highest BCUT2D eigenvalue weighted by Crippen LogP contribution is 2.38. The van der Waals surface area contributed by atoms with Crippen LogP contribution in [0.15, 0.2) is 0 Å². The van der Waals surface area contributed by atoms with Crippen molar-refractivity contribution in [2.45, 2.75) is 64.2 Å². The fourth-order valence-electron chi connectivity index (χ4n) is 2.83. The van der Waals surface area contributed by atoms with Gasteiger partial charge in [-0.05, 0) is 46.5 Å². The molecule has 0 saturated carbocycles. The zero-order valence-corrected chi connectivity index (χ0v) is 9.75. The summed E-state index contributed by atoms with van der Waals surface area (Å²) in [5, 5.41) is 0. The van der Waals surface area contributed by atoms with Crippen molar-refractivity contribution in [1.29, 1.82) is 0 Å². The highest BCUT2D eigenvalue weighted by molar-refractivity contribution is 4.93. The first-order valence-electron chi connectivity index (χ1n) is 6.03. The second kappa shape index (κ2) is 3.82. The Bertz CT molecular complexity index is 194. The number of rotatable bonds is 1. The monoisotopic (exact) mass is 197 g/mol. The predicted molar refractivity (Wildman–Crippen MR) is 58.5 cm³/mol. The van der Waals surface area contributed by atoms with Gasteiger partial charge in [0.05, 0.1) is 11.7 Å². The Morgan fingerprint density at radius 2 is 1.86 bits per heavy atom. The van der Waals surface area contributed by atoms with E-state index in [0.29, 0.717) is 12.1 Å². The summed E-state index contributed by atoms with van der Waals surface area (Å²) in [6.45, 7) is 9.24. The van der Waals surface area contributed by atoms with Gasteiger partial charge in [-0.25, -0.2) is 0 Å². The van der Waals surface area contributed by atoms with Gasteiger partial charge < -0.3 is 9.64 Å². The van der Waals surface area contributed by atoms with E-state index in [9.17, 15) is 0 Å². The van der Waals surface area contributed by atoms with Crippen molar-refractivity contribution in [2.75, 3.05) is 13.1 Å². The van der Waals surface area contributed by atoms with Gasteiger partial charge in [0.15, 0.2) is 0 Å². The molecule has 1 atom stereocenters. The van der Waals surface area contributed by atoms with E-state index in [1.807, 2.05) is 0 Å². The number of nitrogens with zero attached hydrogens (tertiary/aromatic N) is 1. The molecule has 0 aromatic heterocycles. The van der Waals surface area contributed by atoms with Gasteiger partial charge in [0.1, 0.15) is 0 Å². The molecular weight excluding hydrogens is 174 g/mol. The molecule has 0 amide bonds. The van der Waals surface area contributed by atoms with Gasteiger partial charge in [0, 0.05) is 19.1 Å². The lowest BCUT2D eigenvalue weighted by Gasteiger charge is -2.40. The number of ether oxygens (including phenoxy) is 1. The molecule has 0 radical (unpaired) electrons. The first-order chi connectivity index (χ1) is 6.61. The molecule has 82 valence electrons. The van der Waals surface area contributed by atoms with E-state index in [1.54, 1.807) is 0 Å². The summed E-state index contributed by atoms with van der Waals surface area (Å²) in [7, 11) is 0. The lowest BCUT2D eigenvalue weighted by atomic mass is 9.88. The topological polar surface area (TPSA) is 12.5 Å².